The number of nitrogens with one attached hydrogen (secondary N) is 1. The fourth-order valence-corrected chi connectivity index (χ4v) is 1.93. The zero-order valence-electron chi connectivity index (χ0n) is 9.53. The fraction of sp³-hybridized carbons (Fsp3) is 0.727. The molecule has 3 nitrogen and oxygen atoms in total. The normalized spacial score (nSPS) is 11.1. The first-order valence-electron chi connectivity index (χ1n) is 5.52. The Labute approximate surface area is 96.0 Å². The molecular weight excluding hydrogens is 208 g/mol. The molecule has 0 aliphatic heterocycles. The Hall–Kier alpha value is -0.480. The van der Waals surface area contributed by atoms with E-state index in [0.717, 1.165) is 30.0 Å². The third kappa shape index (κ3) is 6.57. The quantitative estimate of drug-likeness (QED) is 0.548. The van der Waals surface area contributed by atoms with Crippen LogP contribution in [0.15, 0.2) is 22.1 Å². The van der Waals surface area contributed by atoms with Crippen LogP contribution < -0.4 is 5.32 Å². The van der Waals surface area contributed by atoms with Crippen LogP contribution in [0.5, 0.6) is 0 Å². The molecule has 86 valence electrons. The van der Waals surface area contributed by atoms with E-state index in [-0.39, 0.29) is 0 Å². The molecule has 1 N–H and O–H groups in total. The molecule has 0 spiro atoms. The maximum absolute atomic E-state index is 5.12. The van der Waals surface area contributed by atoms with E-state index in [2.05, 4.69) is 24.1 Å². The molecule has 15 heavy (non-hydrogen) atoms. The molecule has 0 aliphatic carbocycles. The number of nitrogens with zero attached hydrogens (tertiary/aromatic N) is 1. The van der Waals surface area contributed by atoms with Gasteiger partial charge in [-0.05, 0) is 25.3 Å². The lowest BCUT2D eigenvalue weighted by Crippen LogP contribution is -2.18. The molecule has 0 aliphatic rings. The summed E-state index contributed by atoms with van der Waals surface area (Å²) >= 11 is 1.65. The minimum atomic E-state index is 0.763. The van der Waals surface area contributed by atoms with E-state index < -0.39 is 0 Å². The standard InChI is InChI=1S/C11H20N2OS/c1-10(2)4-3-5-12-7-9-15-11-13-6-8-14-11/h6,8,10,12H,3-5,7,9H2,1-2H3. The van der Waals surface area contributed by atoms with Crippen LogP contribution in [-0.2, 0) is 0 Å². The Bertz CT molecular complexity index is 237. The second-order valence-corrected chi connectivity index (χ2v) is 4.98. The number of aromatic nitrogens is 1. The van der Waals surface area contributed by atoms with Gasteiger partial charge in [0, 0.05) is 12.3 Å². The molecule has 0 bridgehead atoms. The molecule has 0 radical (unpaired) electrons. The molecule has 1 heterocycles. The number of thioether (sulfide) groups is 1. The molecule has 0 aromatic carbocycles. The van der Waals surface area contributed by atoms with Crippen molar-refractivity contribution in [3.05, 3.63) is 12.5 Å². The summed E-state index contributed by atoms with van der Waals surface area (Å²) in [5, 5.41) is 4.18. The van der Waals surface area contributed by atoms with Crippen LogP contribution in [0.1, 0.15) is 26.7 Å². The predicted octanol–water partition coefficient (Wildman–Crippen LogP) is 2.79. The van der Waals surface area contributed by atoms with Gasteiger partial charge < -0.3 is 9.73 Å². The summed E-state index contributed by atoms with van der Waals surface area (Å²) in [6, 6.07) is 0. The van der Waals surface area contributed by atoms with Crippen LogP contribution in [0.4, 0.5) is 0 Å². The Morgan fingerprint density at radius 1 is 1.47 bits per heavy atom. The Kier molecular flexibility index (Phi) is 6.52. The average molecular weight is 228 g/mol. The zero-order chi connectivity index (χ0) is 10.9. The average Bonchev–Trinajstić information content (AvgIpc) is 2.68. The van der Waals surface area contributed by atoms with Crippen molar-refractivity contribution in [3.8, 4) is 0 Å². The molecule has 0 amide bonds. The molecule has 0 atom stereocenters. The van der Waals surface area contributed by atoms with Crippen LogP contribution in [0.2, 0.25) is 0 Å². The van der Waals surface area contributed by atoms with Crippen molar-refractivity contribution in [3.63, 3.8) is 0 Å². The first kappa shape index (κ1) is 12.6. The monoisotopic (exact) mass is 228 g/mol. The minimum absolute atomic E-state index is 0.763. The van der Waals surface area contributed by atoms with E-state index in [1.165, 1.54) is 12.8 Å². The van der Waals surface area contributed by atoms with Gasteiger partial charge in [0.1, 0.15) is 6.26 Å². The highest BCUT2D eigenvalue weighted by atomic mass is 32.2. The number of hydrogen-bond donors (Lipinski definition) is 1. The van der Waals surface area contributed by atoms with Gasteiger partial charge in [0.2, 0.25) is 0 Å². The molecule has 0 fully saturated rings. The van der Waals surface area contributed by atoms with Crippen molar-refractivity contribution in [2.45, 2.75) is 31.9 Å². The summed E-state index contributed by atoms with van der Waals surface area (Å²) in [6.07, 6.45) is 5.86. The van der Waals surface area contributed by atoms with E-state index in [1.54, 1.807) is 24.2 Å². The molecule has 0 saturated heterocycles. The SMILES string of the molecule is CC(C)CCCNCCSc1ncco1. The first-order chi connectivity index (χ1) is 7.29. The van der Waals surface area contributed by atoms with Gasteiger partial charge in [-0.1, -0.05) is 25.6 Å². The summed E-state index contributed by atoms with van der Waals surface area (Å²) in [6.45, 7) is 6.66. The highest BCUT2D eigenvalue weighted by Crippen LogP contribution is 2.13. The topological polar surface area (TPSA) is 38.1 Å². The summed E-state index contributed by atoms with van der Waals surface area (Å²) in [7, 11) is 0. The highest BCUT2D eigenvalue weighted by molar-refractivity contribution is 7.99. The van der Waals surface area contributed by atoms with Crippen molar-refractivity contribution in [2.24, 2.45) is 5.92 Å². The largest absolute Gasteiger partial charge is 0.440 e. The van der Waals surface area contributed by atoms with Crippen LogP contribution in [0.25, 0.3) is 0 Å². The predicted molar refractivity (Wildman–Crippen MR) is 64.2 cm³/mol. The lowest BCUT2D eigenvalue weighted by atomic mass is 10.1. The Balaban J connectivity index is 1.85. The maximum Gasteiger partial charge on any atom is 0.255 e. The van der Waals surface area contributed by atoms with Gasteiger partial charge in [0.25, 0.3) is 5.22 Å². The van der Waals surface area contributed by atoms with Crippen molar-refractivity contribution >= 4 is 11.8 Å². The van der Waals surface area contributed by atoms with Crippen molar-refractivity contribution in [1.29, 1.82) is 0 Å². The van der Waals surface area contributed by atoms with Crippen LogP contribution >= 0.6 is 11.8 Å². The minimum Gasteiger partial charge on any atom is -0.440 e. The third-order valence-electron chi connectivity index (χ3n) is 2.05. The molecule has 1 aromatic heterocycles. The Morgan fingerprint density at radius 2 is 2.33 bits per heavy atom. The van der Waals surface area contributed by atoms with Gasteiger partial charge in [-0.15, -0.1) is 0 Å². The van der Waals surface area contributed by atoms with Gasteiger partial charge >= 0.3 is 0 Å². The number of oxazole rings is 1. The van der Waals surface area contributed by atoms with Crippen molar-refractivity contribution in [2.75, 3.05) is 18.8 Å². The molecule has 0 saturated carbocycles. The van der Waals surface area contributed by atoms with Gasteiger partial charge in [0.05, 0.1) is 6.20 Å². The van der Waals surface area contributed by atoms with Crippen molar-refractivity contribution in [1.82, 2.24) is 10.3 Å². The second-order valence-electron chi connectivity index (χ2n) is 3.93. The number of hydrogen-bond acceptors (Lipinski definition) is 4. The van der Waals surface area contributed by atoms with Gasteiger partial charge in [0.15, 0.2) is 0 Å². The smallest absolute Gasteiger partial charge is 0.255 e. The van der Waals surface area contributed by atoms with Crippen LogP contribution in [0, 0.1) is 5.92 Å². The maximum atomic E-state index is 5.12. The Morgan fingerprint density at radius 3 is 3.00 bits per heavy atom. The second kappa shape index (κ2) is 7.77. The summed E-state index contributed by atoms with van der Waals surface area (Å²) in [5.74, 6) is 1.83. The van der Waals surface area contributed by atoms with Gasteiger partial charge in [-0.3, -0.25) is 0 Å². The van der Waals surface area contributed by atoms with Gasteiger partial charge in [-0.25, -0.2) is 4.98 Å². The van der Waals surface area contributed by atoms with Gasteiger partial charge in [-0.2, -0.15) is 0 Å². The molecule has 1 aromatic rings. The van der Waals surface area contributed by atoms with E-state index in [0.29, 0.717) is 0 Å². The third-order valence-corrected chi connectivity index (χ3v) is 2.91. The van der Waals surface area contributed by atoms with Crippen LogP contribution in [0.3, 0.4) is 0 Å². The van der Waals surface area contributed by atoms with E-state index >= 15 is 0 Å². The first-order valence-corrected chi connectivity index (χ1v) is 6.50. The van der Waals surface area contributed by atoms with E-state index in [4.69, 9.17) is 4.42 Å². The summed E-state index contributed by atoms with van der Waals surface area (Å²) < 4.78 is 5.12. The molecule has 4 heteroatoms. The van der Waals surface area contributed by atoms with Crippen molar-refractivity contribution < 1.29 is 4.42 Å². The van der Waals surface area contributed by atoms with Crippen LogP contribution in [-0.4, -0.2) is 23.8 Å². The fourth-order valence-electron chi connectivity index (χ4n) is 1.25. The highest BCUT2D eigenvalue weighted by Gasteiger charge is 1.97. The summed E-state index contributed by atoms with van der Waals surface area (Å²) in [5.41, 5.74) is 0. The lowest BCUT2D eigenvalue weighted by molar-refractivity contribution is 0.454. The molecule has 1 rings (SSSR count). The molecule has 0 unspecified atom stereocenters. The zero-order valence-corrected chi connectivity index (χ0v) is 10.3. The summed E-state index contributed by atoms with van der Waals surface area (Å²) in [4.78, 5) is 4.04. The number of rotatable bonds is 8. The lowest BCUT2D eigenvalue weighted by Gasteiger charge is -2.05. The molecular formula is C11H20N2OS. The van der Waals surface area contributed by atoms with E-state index in [1.807, 2.05) is 0 Å². The van der Waals surface area contributed by atoms with E-state index in [9.17, 15) is 0 Å².